The monoisotopic (exact) mass is 288 g/mol. The maximum absolute atomic E-state index is 13.5. The number of hydrogen-bond donors (Lipinski definition) is 1. The number of rotatable bonds is 3. The van der Waals surface area contributed by atoms with E-state index >= 15 is 0 Å². The first kappa shape index (κ1) is 13.2. The molecule has 2 nitrogen and oxygen atoms in total. The molecule has 4 heteroatoms. The molecule has 0 radical (unpaired) electrons. The SMILES string of the molecule is NCc1ccc2ccn(Cc3ccc(Cl)c(F)c3)c2c1. The maximum Gasteiger partial charge on any atom is 0.142 e. The van der Waals surface area contributed by atoms with E-state index in [0.717, 1.165) is 22.0 Å². The molecule has 0 saturated heterocycles. The molecule has 0 unspecified atom stereocenters. The summed E-state index contributed by atoms with van der Waals surface area (Å²) >= 11 is 5.70. The lowest BCUT2D eigenvalue weighted by atomic mass is 10.1. The minimum Gasteiger partial charge on any atom is -0.343 e. The van der Waals surface area contributed by atoms with Gasteiger partial charge in [-0.3, -0.25) is 0 Å². The summed E-state index contributed by atoms with van der Waals surface area (Å²) in [5.41, 5.74) is 8.74. The average molecular weight is 289 g/mol. The molecule has 0 atom stereocenters. The van der Waals surface area contributed by atoms with Crippen LogP contribution in [0.25, 0.3) is 10.9 Å². The highest BCUT2D eigenvalue weighted by Gasteiger charge is 2.05. The lowest BCUT2D eigenvalue weighted by Crippen LogP contribution is -2.00. The first-order valence-electron chi connectivity index (χ1n) is 6.39. The molecule has 0 saturated carbocycles. The van der Waals surface area contributed by atoms with Crippen LogP contribution in [0.15, 0.2) is 48.7 Å². The van der Waals surface area contributed by atoms with E-state index in [4.69, 9.17) is 17.3 Å². The Morgan fingerprint density at radius 3 is 2.60 bits per heavy atom. The summed E-state index contributed by atoms with van der Waals surface area (Å²) in [4.78, 5) is 0. The van der Waals surface area contributed by atoms with Crippen molar-refractivity contribution < 1.29 is 4.39 Å². The van der Waals surface area contributed by atoms with Crippen LogP contribution < -0.4 is 5.73 Å². The van der Waals surface area contributed by atoms with Gasteiger partial charge in [0.15, 0.2) is 0 Å². The third-order valence-corrected chi connectivity index (χ3v) is 3.72. The van der Waals surface area contributed by atoms with E-state index in [1.165, 1.54) is 6.07 Å². The van der Waals surface area contributed by atoms with Gasteiger partial charge in [-0.15, -0.1) is 0 Å². The highest BCUT2D eigenvalue weighted by molar-refractivity contribution is 6.30. The Labute approximate surface area is 121 Å². The Balaban J connectivity index is 1.99. The average Bonchev–Trinajstić information content (AvgIpc) is 2.85. The van der Waals surface area contributed by atoms with Crippen molar-refractivity contribution >= 4 is 22.5 Å². The molecule has 0 aliphatic carbocycles. The van der Waals surface area contributed by atoms with Crippen LogP contribution in [0.4, 0.5) is 4.39 Å². The number of fused-ring (bicyclic) bond motifs is 1. The van der Waals surface area contributed by atoms with Crippen molar-refractivity contribution in [2.75, 3.05) is 0 Å². The highest BCUT2D eigenvalue weighted by atomic mass is 35.5. The Bertz CT molecular complexity index is 764. The predicted molar refractivity (Wildman–Crippen MR) is 80.3 cm³/mol. The molecule has 0 amide bonds. The third kappa shape index (κ3) is 2.42. The molecule has 20 heavy (non-hydrogen) atoms. The predicted octanol–water partition coefficient (Wildman–Crippen LogP) is 3.94. The van der Waals surface area contributed by atoms with Crippen LogP contribution in [-0.2, 0) is 13.1 Å². The van der Waals surface area contributed by atoms with Crippen molar-refractivity contribution in [3.8, 4) is 0 Å². The standard InChI is InChI=1S/C16H14ClFN2/c17-14-4-2-12(7-15(14)18)10-20-6-5-13-3-1-11(9-19)8-16(13)20/h1-8H,9-10,19H2. The quantitative estimate of drug-likeness (QED) is 0.777. The summed E-state index contributed by atoms with van der Waals surface area (Å²) in [6, 6.07) is 13.1. The fraction of sp³-hybridized carbons (Fsp3) is 0.125. The second-order valence-corrected chi connectivity index (χ2v) is 5.20. The Kier molecular flexibility index (Phi) is 3.47. The van der Waals surface area contributed by atoms with Crippen LogP contribution >= 0.6 is 11.6 Å². The van der Waals surface area contributed by atoms with Crippen LogP contribution in [0, 0.1) is 5.82 Å². The molecule has 1 heterocycles. The van der Waals surface area contributed by atoms with Gasteiger partial charge in [-0.1, -0.05) is 29.8 Å². The van der Waals surface area contributed by atoms with Crippen LogP contribution in [0.2, 0.25) is 5.02 Å². The van der Waals surface area contributed by atoms with Crippen molar-refractivity contribution in [3.05, 3.63) is 70.6 Å². The Hall–Kier alpha value is -1.84. The summed E-state index contributed by atoms with van der Waals surface area (Å²) in [7, 11) is 0. The molecular formula is C16H14ClFN2. The smallest absolute Gasteiger partial charge is 0.142 e. The van der Waals surface area contributed by atoms with E-state index in [1.54, 1.807) is 6.07 Å². The van der Waals surface area contributed by atoms with Crippen molar-refractivity contribution in [1.82, 2.24) is 4.57 Å². The van der Waals surface area contributed by atoms with Crippen LogP contribution in [0.1, 0.15) is 11.1 Å². The lowest BCUT2D eigenvalue weighted by molar-refractivity contribution is 0.624. The summed E-state index contributed by atoms with van der Waals surface area (Å²) in [6.45, 7) is 1.11. The molecule has 102 valence electrons. The first-order chi connectivity index (χ1) is 9.67. The second kappa shape index (κ2) is 5.27. The molecule has 3 aromatic rings. The molecule has 1 aromatic heterocycles. The van der Waals surface area contributed by atoms with Crippen molar-refractivity contribution in [2.24, 2.45) is 5.73 Å². The van der Waals surface area contributed by atoms with Crippen LogP contribution in [-0.4, -0.2) is 4.57 Å². The molecule has 2 N–H and O–H groups in total. The van der Waals surface area contributed by atoms with E-state index in [-0.39, 0.29) is 10.8 Å². The minimum atomic E-state index is -0.386. The van der Waals surface area contributed by atoms with E-state index in [1.807, 2.05) is 24.4 Å². The number of aromatic nitrogens is 1. The number of nitrogens with zero attached hydrogens (tertiary/aromatic N) is 1. The van der Waals surface area contributed by atoms with E-state index in [9.17, 15) is 4.39 Å². The van der Waals surface area contributed by atoms with Gasteiger partial charge in [0.25, 0.3) is 0 Å². The second-order valence-electron chi connectivity index (χ2n) is 4.79. The first-order valence-corrected chi connectivity index (χ1v) is 6.77. The summed E-state index contributed by atoms with van der Waals surface area (Å²) in [5.74, 6) is -0.386. The summed E-state index contributed by atoms with van der Waals surface area (Å²) < 4.78 is 15.6. The molecular weight excluding hydrogens is 275 g/mol. The summed E-state index contributed by atoms with van der Waals surface area (Å²) in [5, 5.41) is 1.30. The van der Waals surface area contributed by atoms with Crippen molar-refractivity contribution in [3.63, 3.8) is 0 Å². The molecule has 0 spiro atoms. The molecule has 0 bridgehead atoms. The van der Waals surface area contributed by atoms with Crippen molar-refractivity contribution in [2.45, 2.75) is 13.1 Å². The van der Waals surface area contributed by atoms with Crippen LogP contribution in [0.5, 0.6) is 0 Å². The fourth-order valence-electron chi connectivity index (χ4n) is 2.33. The van der Waals surface area contributed by atoms with Gasteiger partial charge in [0.2, 0.25) is 0 Å². The zero-order valence-corrected chi connectivity index (χ0v) is 11.6. The zero-order chi connectivity index (χ0) is 14.1. The van der Waals surface area contributed by atoms with Crippen LogP contribution in [0.3, 0.4) is 0 Å². The molecule has 2 aromatic carbocycles. The van der Waals surface area contributed by atoms with Gasteiger partial charge < -0.3 is 10.3 Å². The van der Waals surface area contributed by atoms with Gasteiger partial charge in [-0.2, -0.15) is 0 Å². The van der Waals surface area contributed by atoms with Gasteiger partial charge in [-0.25, -0.2) is 4.39 Å². The summed E-state index contributed by atoms with van der Waals surface area (Å²) in [6.07, 6.45) is 2.00. The Morgan fingerprint density at radius 1 is 1.05 bits per heavy atom. The lowest BCUT2D eigenvalue weighted by Gasteiger charge is -2.07. The molecule has 0 fully saturated rings. The third-order valence-electron chi connectivity index (χ3n) is 3.41. The number of benzene rings is 2. The number of halogens is 2. The van der Waals surface area contributed by atoms with E-state index in [2.05, 4.69) is 16.7 Å². The molecule has 3 rings (SSSR count). The van der Waals surface area contributed by atoms with E-state index in [0.29, 0.717) is 13.1 Å². The molecule has 0 aliphatic rings. The van der Waals surface area contributed by atoms with Gasteiger partial charge in [0, 0.05) is 24.8 Å². The van der Waals surface area contributed by atoms with Gasteiger partial charge in [0.1, 0.15) is 5.82 Å². The molecule has 0 aliphatic heterocycles. The minimum absolute atomic E-state index is 0.150. The Morgan fingerprint density at radius 2 is 1.85 bits per heavy atom. The fourth-order valence-corrected chi connectivity index (χ4v) is 2.45. The van der Waals surface area contributed by atoms with Crippen molar-refractivity contribution in [1.29, 1.82) is 0 Å². The zero-order valence-electron chi connectivity index (χ0n) is 10.8. The number of hydrogen-bond acceptors (Lipinski definition) is 1. The largest absolute Gasteiger partial charge is 0.343 e. The van der Waals surface area contributed by atoms with Gasteiger partial charge >= 0.3 is 0 Å². The number of nitrogens with two attached hydrogens (primary N) is 1. The van der Waals surface area contributed by atoms with E-state index < -0.39 is 0 Å². The normalized spacial score (nSPS) is 11.2. The van der Waals surface area contributed by atoms with Gasteiger partial charge in [-0.05, 0) is 40.8 Å². The topological polar surface area (TPSA) is 30.9 Å². The highest BCUT2D eigenvalue weighted by Crippen LogP contribution is 2.21. The van der Waals surface area contributed by atoms with Gasteiger partial charge in [0.05, 0.1) is 5.02 Å². The maximum atomic E-state index is 13.5.